The summed E-state index contributed by atoms with van der Waals surface area (Å²) in [5.41, 5.74) is -0.731. The molecule has 0 atom stereocenters. The van der Waals surface area contributed by atoms with Crippen LogP contribution in [0.2, 0.25) is 0 Å². The van der Waals surface area contributed by atoms with Crippen LogP contribution in [-0.4, -0.2) is 51.4 Å². The molecule has 0 bridgehead atoms. The van der Waals surface area contributed by atoms with Crippen LogP contribution in [0.4, 0.5) is 18.0 Å². The molecular formula is C21H25F3N4O3. The monoisotopic (exact) mass is 438 g/mol. The quantitative estimate of drug-likeness (QED) is 0.785. The lowest BCUT2D eigenvalue weighted by Crippen LogP contribution is -2.47. The molecule has 1 fully saturated rings. The lowest BCUT2D eigenvalue weighted by molar-refractivity contribution is -0.141. The van der Waals surface area contributed by atoms with E-state index in [0.717, 1.165) is 10.7 Å². The molecule has 31 heavy (non-hydrogen) atoms. The molecule has 1 aromatic carbocycles. The Bertz CT molecular complexity index is 925. The van der Waals surface area contributed by atoms with Crippen molar-refractivity contribution in [2.45, 2.75) is 51.4 Å². The number of aromatic nitrogens is 2. The van der Waals surface area contributed by atoms with Gasteiger partial charge in [-0.1, -0.05) is 0 Å². The van der Waals surface area contributed by atoms with E-state index in [1.807, 2.05) is 20.8 Å². The molecule has 1 aromatic heterocycles. The van der Waals surface area contributed by atoms with Crippen LogP contribution < -0.4 is 5.32 Å². The number of hydrogen-bond acceptors (Lipinski definition) is 4. The average Bonchev–Trinajstić information content (AvgIpc) is 3.18. The fraction of sp³-hybridized carbons (Fsp3) is 0.476. The van der Waals surface area contributed by atoms with Gasteiger partial charge in [-0.3, -0.25) is 4.79 Å². The topological polar surface area (TPSA) is 76.5 Å². The lowest BCUT2D eigenvalue weighted by atomic mass is 10.0. The largest absolute Gasteiger partial charge is 0.444 e. The Morgan fingerprint density at radius 3 is 2.19 bits per heavy atom. The summed E-state index contributed by atoms with van der Waals surface area (Å²) in [6.45, 7) is 6.40. The molecule has 2 heterocycles. The number of piperidine rings is 1. The number of carbonyl (C=O) groups is 2. The molecule has 168 valence electrons. The second kappa shape index (κ2) is 8.60. The predicted molar refractivity (Wildman–Crippen MR) is 107 cm³/mol. The van der Waals surface area contributed by atoms with Gasteiger partial charge in [0.2, 0.25) is 0 Å². The normalized spacial score (nSPS) is 15.6. The van der Waals surface area contributed by atoms with E-state index >= 15 is 0 Å². The van der Waals surface area contributed by atoms with Crippen molar-refractivity contribution in [3.8, 4) is 5.69 Å². The number of rotatable bonds is 3. The van der Waals surface area contributed by atoms with Crippen LogP contribution in [0, 0.1) is 0 Å². The van der Waals surface area contributed by atoms with Gasteiger partial charge in [0.05, 0.1) is 5.69 Å². The van der Waals surface area contributed by atoms with Crippen LogP contribution in [-0.2, 0) is 10.9 Å². The number of nitrogens with zero attached hydrogens (tertiary/aromatic N) is 3. The first kappa shape index (κ1) is 22.6. The number of benzene rings is 1. The SMILES string of the molecule is CC(C)(C)OC(=O)N1CCC(NC(=O)c2ccc(-n3ccc(C(F)(F)F)n3)cc2)CC1. The van der Waals surface area contributed by atoms with Crippen molar-refractivity contribution < 1.29 is 27.5 Å². The number of halogens is 3. The number of hydrogen-bond donors (Lipinski definition) is 1. The molecule has 1 aliphatic heterocycles. The van der Waals surface area contributed by atoms with Gasteiger partial charge in [0.25, 0.3) is 5.91 Å². The molecule has 3 rings (SSSR count). The average molecular weight is 438 g/mol. The van der Waals surface area contributed by atoms with Crippen molar-refractivity contribution >= 4 is 12.0 Å². The highest BCUT2D eigenvalue weighted by atomic mass is 19.4. The van der Waals surface area contributed by atoms with Gasteiger partial charge in [0.15, 0.2) is 5.69 Å². The smallest absolute Gasteiger partial charge is 0.435 e. The lowest BCUT2D eigenvalue weighted by Gasteiger charge is -2.33. The van der Waals surface area contributed by atoms with Crippen LogP contribution >= 0.6 is 0 Å². The summed E-state index contributed by atoms with van der Waals surface area (Å²) < 4.78 is 44.5. The van der Waals surface area contributed by atoms with Gasteiger partial charge in [0, 0.05) is 30.9 Å². The molecule has 1 N–H and O–H groups in total. The first-order chi connectivity index (χ1) is 14.4. The molecule has 0 aliphatic carbocycles. The maximum Gasteiger partial charge on any atom is 0.435 e. The summed E-state index contributed by atoms with van der Waals surface area (Å²) in [6, 6.07) is 6.96. The fourth-order valence-electron chi connectivity index (χ4n) is 3.19. The first-order valence-corrected chi connectivity index (χ1v) is 9.94. The highest BCUT2D eigenvalue weighted by Crippen LogP contribution is 2.28. The van der Waals surface area contributed by atoms with Crippen LogP contribution in [0.5, 0.6) is 0 Å². The van der Waals surface area contributed by atoms with Crippen molar-refractivity contribution in [3.05, 3.63) is 47.8 Å². The summed E-state index contributed by atoms with van der Waals surface area (Å²) in [6.07, 6.45) is -2.44. The van der Waals surface area contributed by atoms with Crippen molar-refractivity contribution in [1.82, 2.24) is 20.0 Å². The van der Waals surface area contributed by atoms with E-state index in [9.17, 15) is 22.8 Å². The van der Waals surface area contributed by atoms with Gasteiger partial charge in [-0.15, -0.1) is 0 Å². The molecule has 10 heteroatoms. The predicted octanol–water partition coefficient (Wildman–Crippen LogP) is 4.02. The van der Waals surface area contributed by atoms with E-state index in [1.54, 1.807) is 4.90 Å². The molecule has 0 spiro atoms. The Morgan fingerprint density at radius 1 is 1.06 bits per heavy atom. The maximum absolute atomic E-state index is 12.7. The van der Waals surface area contributed by atoms with Crippen LogP contribution in [0.15, 0.2) is 36.5 Å². The van der Waals surface area contributed by atoms with Crippen molar-refractivity contribution in [3.63, 3.8) is 0 Å². The summed E-state index contributed by atoms with van der Waals surface area (Å²) in [4.78, 5) is 26.3. The zero-order valence-corrected chi connectivity index (χ0v) is 17.6. The minimum absolute atomic E-state index is 0.0775. The van der Waals surface area contributed by atoms with Crippen molar-refractivity contribution in [2.75, 3.05) is 13.1 Å². The summed E-state index contributed by atoms with van der Waals surface area (Å²) in [5, 5.41) is 6.45. The number of nitrogens with one attached hydrogen (secondary N) is 1. The zero-order valence-electron chi connectivity index (χ0n) is 17.6. The standard InChI is InChI=1S/C21H25F3N4O3/c1-20(2,3)31-19(30)27-11-8-15(9-12-27)25-18(29)14-4-6-16(7-5-14)28-13-10-17(26-28)21(22,23)24/h4-7,10,13,15H,8-9,11-12H2,1-3H3,(H,25,29). The molecule has 2 aromatic rings. The van der Waals surface area contributed by atoms with Gasteiger partial charge in [-0.25, -0.2) is 9.48 Å². The number of ether oxygens (including phenoxy) is 1. The van der Waals surface area contributed by atoms with E-state index in [2.05, 4.69) is 10.4 Å². The van der Waals surface area contributed by atoms with E-state index in [-0.39, 0.29) is 18.0 Å². The highest BCUT2D eigenvalue weighted by Gasteiger charge is 2.33. The summed E-state index contributed by atoms with van der Waals surface area (Å²) in [7, 11) is 0. The van der Waals surface area contributed by atoms with Crippen LogP contribution in [0.3, 0.4) is 0 Å². The van der Waals surface area contributed by atoms with Gasteiger partial charge in [-0.05, 0) is 63.9 Å². The van der Waals surface area contributed by atoms with E-state index in [4.69, 9.17) is 4.74 Å². The van der Waals surface area contributed by atoms with Gasteiger partial charge >= 0.3 is 12.3 Å². The Labute approximate surface area is 178 Å². The van der Waals surface area contributed by atoms with E-state index in [0.29, 0.717) is 37.2 Å². The third-order valence-corrected chi connectivity index (χ3v) is 4.76. The Kier molecular flexibility index (Phi) is 6.28. The molecular weight excluding hydrogens is 413 g/mol. The molecule has 0 saturated carbocycles. The second-order valence-electron chi connectivity index (χ2n) is 8.41. The third-order valence-electron chi connectivity index (χ3n) is 4.76. The molecule has 2 amide bonds. The molecule has 1 saturated heterocycles. The first-order valence-electron chi connectivity index (χ1n) is 9.94. The number of likely N-dealkylation sites (tertiary alicyclic amines) is 1. The molecule has 0 radical (unpaired) electrons. The van der Waals surface area contributed by atoms with Gasteiger partial charge in [0.1, 0.15) is 5.60 Å². The number of carbonyl (C=O) groups excluding carboxylic acids is 2. The Morgan fingerprint density at radius 2 is 1.68 bits per heavy atom. The van der Waals surface area contributed by atoms with Gasteiger partial charge in [-0.2, -0.15) is 18.3 Å². The van der Waals surface area contributed by atoms with Crippen molar-refractivity contribution in [1.29, 1.82) is 0 Å². The fourth-order valence-corrected chi connectivity index (χ4v) is 3.19. The van der Waals surface area contributed by atoms with E-state index in [1.165, 1.54) is 30.5 Å². The Hall–Kier alpha value is -3.04. The second-order valence-corrected chi connectivity index (χ2v) is 8.41. The minimum atomic E-state index is -4.51. The number of alkyl halides is 3. The molecule has 0 unspecified atom stereocenters. The highest BCUT2D eigenvalue weighted by molar-refractivity contribution is 5.94. The minimum Gasteiger partial charge on any atom is -0.444 e. The van der Waals surface area contributed by atoms with E-state index < -0.39 is 17.5 Å². The van der Waals surface area contributed by atoms with Crippen LogP contribution in [0.25, 0.3) is 5.69 Å². The Balaban J connectivity index is 1.54. The van der Waals surface area contributed by atoms with Gasteiger partial charge < -0.3 is 15.0 Å². The zero-order chi connectivity index (χ0) is 22.8. The maximum atomic E-state index is 12.7. The molecule has 1 aliphatic rings. The number of amides is 2. The van der Waals surface area contributed by atoms with Crippen LogP contribution in [0.1, 0.15) is 49.7 Å². The molecule has 7 nitrogen and oxygen atoms in total. The summed E-state index contributed by atoms with van der Waals surface area (Å²) >= 11 is 0. The third kappa shape index (κ3) is 5.99. The summed E-state index contributed by atoms with van der Waals surface area (Å²) in [5.74, 6) is -0.279. The van der Waals surface area contributed by atoms with Crippen molar-refractivity contribution in [2.24, 2.45) is 0 Å².